The molecule has 2 rings (SSSR count). The number of anilines is 1. The van der Waals surface area contributed by atoms with Gasteiger partial charge in [-0.25, -0.2) is 0 Å². The minimum Gasteiger partial charge on any atom is -0.493 e. The van der Waals surface area contributed by atoms with E-state index < -0.39 is 6.61 Å². The predicted molar refractivity (Wildman–Crippen MR) is 78.7 cm³/mol. The van der Waals surface area contributed by atoms with Gasteiger partial charge >= 0.3 is 6.61 Å². The lowest BCUT2D eigenvalue weighted by Crippen LogP contribution is -2.25. The molecule has 0 N–H and O–H groups in total. The molecule has 5 nitrogen and oxygen atoms in total. The average molecular weight is 331 g/mol. The van der Waals surface area contributed by atoms with Crippen LogP contribution in [0.2, 0.25) is 0 Å². The van der Waals surface area contributed by atoms with Crippen LogP contribution in [-0.2, 0) is 9.59 Å². The van der Waals surface area contributed by atoms with Gasteiger partial charge in [0.25, 0.3) is 0 Å². The Kier molecular flexibility index (Phi) is 5.23. The van der Waals surface area contributed by atoms with Crippen molar-refractivity contribution in [3.63, 3.8) is 0 Å². The van der Waals surface area contributed by atoms with Crippen LogP contribution in [0.4, 0.5) is 14.5 Å². The van der Waals surface area contributed by atoms with Crippen LogP contribution in [0.1, 0.15) is 13.3 Å². The predicted octanol–water partition coefficient (Wildman–Crippen LogP) is 2.68. The highest BCUT2D eigenvalue weighted by Gasteiger charge is 2.32. The first-order chi connectivity index (χ1) is 10.4. The molecule has 0 saturated carbocycles. The minimum absolute atomic E-state index is 0.0436. The summed E-state index contributed by atoms with van der Waals surface area (Å²) in [5, 5.41) is -0.147. The van der Waals surface area contributed by atoms with Gasteiger partial charge in [-0.05, 0) is 12.1 Å². The molecule has 120 valence electrons. The van der Waals surface area contributed by atoms with E-state index in [0.29, 0.717) is 12.2 Å². The van der Waals surface area contributed by atoms with Crippen molar-refractivity contribution in [2.24, 2.45) is 0 Å². The summed E-state index contributed by atoms with van der Waals surface area (Å²) >= 11 is 1.13. The third-order valence-corrected chi connectivity index (χ3v) is 4.08. The summed E-state index contributed by atoms with van der Waals surface area (Å²) in [5.74, 6) is -0.0980. The van der Waals surface area contributed by atoms with Crippen LogP contribution < -0.4 is 14.4 Å². The number of benzene rings is 1. The van der Waals surface area contributed by atoms with E-state index in [0.717, 1.165) is 11.8 Å². The molecular formula is C14H15F2NO4S. The standard InChI is InChI=1S/C14H15F2NO4S/c1-8(18)22-10-6-13(19)17(7-10)9-3-4-11(21-14(15)16)12(5-9)20-2/h3-5,10,14H,6-7H2,1-2H3. The maximum Gasteiger partial charge on any atom is 0.387 e. The first kappa shape index (κ1) is 16.5. The molecule has 1 unspecified atom stereocenters. The molecule has 0 spiro atoms. The van der Waals surface area contributed by atoms with Crippen LogP contribution in [0.15, 0.2) is 18.2 Å². The van der Waals surface area contributed by atoms with Crippen LogP contribution in [-0.4, -0.2) is 36.5 Å². The minimum atomic E-state index is -2.95. The highest BCUT2D eigenvalue weighted by Crippen LogP contribution is 2.35. The number of methoxy groups -OCH3 is 1. The van der Waals surface area contributed by atoms with Crippen LogP contribution in [0.25, 0.3) is 0 Å². The van der Waals surface area contributed by atoms with Gasteiger partial charge in [0.2, 0.25) is 5.91 Å². The van der Waals surface area contributed by atoms with Gasteiger partial charge in [0.1, 0.15) is 0 Å². The zero-order valence-electron chi connectivity index (χ0n) is 12.0. The van der Waals surface area contributed by atoms with E-state index in [4.69, 9.17) is 4.74 Å². The third kappa shape index (κ3) is 3.88. The van der Waals surface area contributed by atoms with Crippen molar-refractivity contribution < 1.29 is 27.8 Å². The number of carbonyl (C=O) groups is 2. The second-order valence-corrected chi connectivity index (χ2v) is 6.13. The van der Waals surface area contributed by atoms with Crippen molar-refractivity contribution >= 4 is 28.5 Å². The smallest absolute Gasteiger partial charge is 0.387 e. The Balaban J connectivity index is 2.18. The highest BCUT2D eigenvalue weighted by atomic mass is 32.2. The average Bonchev–Trinajstić information content (AvgIpc) is 2.78. The molecule has 1 atom stereocenters. The monoisotopic (exact) mass is 331 g/mol. The first-order valence-corrected chi connectivity index (χ1v) is 7.39. The second-order valence-electron chi connectivity index (χ2n) is 4.65. The summed E-state index contributed by atoms with van der Waals surface area (Å²) in [7, 11) is 1.33. The molecule has 0 bridgehead atoms. The van der Waals surface area contributed by atoms with Crippen molar-refractivity contribution in [2.45, 2.75) is 25.2 Å². The first-order valence-electron chi connectivity index (χ1n) is 6.51. The number of nitrogens with zero attached hydrogens (tertiary/aromatic N) is 1. The zero-order valence-corrected chi connectivity index (χ0v) is 12.9. The molecule has 0 radical (unpaired) electrons. The van der Waals surface area contributed by atoms with Crippen molar-refractivity contribution in [1.29, 1.82) is 0 Å². The van der Waals surface area contributed by atoms with Crippen molar-refractivity contribution in [2.75, 3.05) is 18.6 Å². The molecule has 22 heavy (non-hydrogen) atoms. The number of ether oxygens (including phenoxy) is 2. The molecule has 1 amide bonds. The van der Waals surface area contributed by atoms with E-state index in [-0.39, 0.29) is 34.2 Å². The Hall–Kier alpha value is -1.83. The second kappa shape index (κ2) is 6.95. The normalized spacial score (nSPS) is 18.0. The Morgan fingerprint density at radius 2 is 2.14 bits per heavy atom. The topological polar surface area (TPSA) is 55.8 Å². The van der Waals surface area contributed by atoms with Gasteiger partial charge in [0, 0.05) is 36.9 Å². The lowest BCUT2D eigenvalue weighted by atomic mass is 10.2. The van der Waals surface area contributed by atoms with E-state index >= 15 is 0 Å². The third-order valence-electron chi connectivity index (χ3n) is 3.10. The number of amides is 1. The van der Waals surface area contributed by atoms with Crippen LogP contribution >= 0.6 is 11.8 Å². The maximum atomic E-state index is 12.3. The number of carbonyl (C=O) groups excluding carboxylic acids is 2. The molecule has 0 aliphatic carbocycles. The summed E-state index contributed by atoms with van der Waals surface area (Å²) in [5.41, 5.74) is 0.523. The maximum absolute atomic E-state index is 12.3. The van der Waals surface area contributed by atoms with Crippen molar-refractivity contribution in [3.8, 4) is 11.5 Å². The van der Waals surface area contributed by atoms with E-state index in [1.165, 1.54) is 37.1 Å². The van der Waals surface area contributed by atoms with Gasteiger partial charge < -0.3 is 14.4 Å². The Morgan fingerprint density at radius 1 is 1.41 bits per heavy atom. The Bertz CT molecular complexity index is 582. The number of alkyl halides is 2. The number of thioether (sulfide) groups is 1. The lowest BCUT2D eigenvalue weighted by molar-refractivity contribution is -0.117. The van der Waals surface area contributed by atoms with Crippen LogP contribution in [0.3, 0.4) is 0 Å². The van der Waals surface area contributed by atoms with E-state index in [1.54, 1.807) is 0 Å². The highest BCUT2D eigenvalue weighted by molar-refractivity contribution is 8.14. The van der Waals surface area contributed by atoms with E-state index in [9.17, 15) is 18.4 Å². The van der Waals surface area contributed by atoms with Crippen LogP contribution in [0, 0.1) is 0 Å². The zero-order chi connectivity index (χ0) is 16.3. The molecule has 0 aromatic heterocycles. The summed E-state index contributed by atoms with van der Waals surface area (Å²) in [6, 6.07) is 4.31. The van der Waals surface area contributed by atoms with Gasteiger partial charge in [-0.3, -0.25) is 9.59 Å². The Labute approximate surface area is 130 Å². The summed E-state index contributed by atoms with van der Waals surface area (Å²) in [6.45, 7) is -1.11. The fraction of sp³-hybridized carbons (Fsp3) is 0.429. The fourth-order valence-electron chi connectivity index (χ4n) is 2.26. The number of halogens is 2. The molecule has 1 aromatic rings. The number of hydrogen-bond acceptors (Lipinski definition) is 5. The van der Waals surface area contributed by atoms with E-state index in [1.807, 2.05) is 0 Å². The van der Waals surface area contributed by atoms with Crippen LogP contribution in [0.5, 0.6) is 11.5 Å². The van der Waals surface area contributed by atoms with Gasteiger partial charge in [-0.2, -0.15) is 8.78 Å². The fourth-order valence-corrected chi connectivity index (χ4v) is 3.17. The van der Waals surface area contributed by atoms with Gasteiger partial charge in [-0.1, -0.05) is 11.8 Å². The number of hydrogen-bond donors (Lipinski definition) is 0. The Morgan fingerprint density at radius 3 is 2.73 bits per heavy atom. The molecular weight excluding hydrogens is 316 g/mol. The summed E-state index contributed by atoms with van der Waals surface area (Å²) in [6.07, 6.45) is 0.266. The van der Waals surface area contributed by atoms with Gasteiger partial charge in [-0.15, -0.1) is 0 Å². The molecule has 1 aromatic carbocycles. The van der Waals surface area contributed by atoms with Gasteiger partial charge in [0.15, 0.2) is 16.6 Å². The quantitative estimate of drug-likeness (QED) is 0.830. The molecule has 1 heterocycles. The molecule has 1 aliphatic rings. The summed E-state index contributed by atoms with van der Waals surface area (Å²) in [4.78, 5) is 24.7. The largest absolute Gasteiger partial charge is 0.493 e. The number of rotatable bonds is 5. The van der Waals surface area contributed by atoms with Crippen molar-refractivity contribution in [3.05, 3.63) is 18.2 Å². The van der Waals surface area contributed by atoms with Crippen molar-refractivity contribution in [1.82, 2.24) is 0 Å². The molecule has 1 saturated heterocycles. The lowest BCUT2D eigenvalue weighted by Gasteiger charge is -2.18. The van der Waals surface area contributed by atoms with E-state index in [2.05, 4.69) is 4.74 Å². The molecule has 1 fully saturated rings. The molecule has 1 aliphatic heterocycles. The van der Waals surface area contributed by atoms with Gasteiger partial charge in [0.05, 0.1) is 7.11 Å². The summed E-state index contributed by atoms with van der Waals surface area (Å²) < 4.78 is 34.0. The SMILES string of the molecule is COc1cc(N2CC(SC(C)=O)CC2=O)ccc1OC(F)F. The molecule has 8 heteroatoms.